The van der Waals surface area contributed by atoms with Gasteiger partial charge >= 0.3 is 0 Å². The van der Waals surface area contributed by atoms with Crippen LogP contribution in [-0.4, -0.2) is 20.3 Å². The smallest absolute Gasteiger partial charge is 0.127 e. The topological polar surface area (TPSA) is 67.6 Å². The second kappa shape index (κ2) is 3.00. The molecule has 0 aromatic carbocycles. The highest BCUT2D eigenvalue weighted by Gasteiger charge is 1.90. The van der Waals surface area contributed by atoms with Gasteiger partial charge < -0.3 is 4.98 Å². The van der Waals surface area contributed by atoms with Crippen LogP contribution in [0.15, 0.2) is 23.4 Å². The van der Waals surface area contributed by atoms with Gasteiger partial charge in [0.1, 0.15) is 5.69 Å². The van der Waals surface area contributed by atoms with Crippen molar-refractivity contribution in [1.82, 2.24) is 20.3 Å². The second-order valence-corrected chi connectivity index (χ2v) is 2.17. The molecule has 2 aromatic heterocycles. The van der Waals surface area contributed by atoms with Crippen molar-refractivity contribution in [3.8, 4) is 0 Å². The zero-order valence-corrected chi connectivity index (χ0v) is 6.14. The average molecular weight is 162 g/mol. The fraction of sp³-hybridized carbons (Fsp3) is 0. The Hall–Kier alpha value is -1.91. The lowest BCUT2D eigenvalue weighted by atomic mass is 10.3. The van der Waals surface area contributed by atoms with Gasteiger partial charge in [-0.2, -0.15) is 0 Å². The Labute approximate surface area is 68.1 Å². The number of hydrogen-bond acceptors (Lipinski definition) is 4. The van der Waals surface area contributed by atoms with E-state index in [-0.39, 0.29) is 0 Å². The summed E-state index contributed by atoms with van der Waals surface area (Å²) in [6.07, 6.45) is 8.48. The van der Waals surface area contributed by atoms with Crippen molar-refractivity contribution in [1.29, 1.82) is 0 Å². The molecule has 0 radical (unpaired) electrons. The Morgan fingerprint density at radius 1 is 1.33 bits per heavy atom. The minimum Gasteiger partial charge on any atom is -0.345 e. The third-order valence-electron chi connectivity index (χ3n) is 1.33. The third kappa shape index (κ3) is 1.39. The van der Waals surface area contributed by atoms with E-state index in [1.807, 2.05) is 6.08 Å². The highest BCUT2D eigenvalue weighted by Crippen LogP contribution is 2.00. The molecule has 0 atom stereocenters. The molecule has 0 amide bonds. The maximum Gasteiger partial charge on any atom is 0.127 e. The van der Waals surface area contributed by atoms with Crippen molar-refractivity contribution in [2.24, 2.45) is 0 Å². The Balaban J connectivity index is 2.14. The van der Waals surface area contributed by atoms with Crippen LogP contribution in [0.5, 0.6) is 0 Å². The van der Waals surface area contributed by atoms with Gasteiger partial charge in [0.25, 0.3) is 0 Å². The molecule has 0 saturated carbocycles. The van der Waals surface area contributed by atoms with E-state index in [1.54, 1.807) is 18.6 Å². The van der Waals surface area contributed by atoms with E-state index in [0.29, 0.717) is 5.69 Å². The number of H-pyrrole nitrogens is 1. The van der Waals surface area contributed by atoms with Crippen LogP contribution in [-0.2, 0) is 0 Å². The lowest BCUT2D eigenvalue weighted by molar-refractivity contribution is 0.306. The van der Waals surface area contributed by atoms with Crippen LogP contribution >= 0.6 is 0 Å². The first kappa shape index (κ1) is 6.78. The normalized spacial score (nSPS) is 11.0. The number of rotatable bonds is 2. The quantitative estimate of drug-likeness (QED) is 0.714. The van der Waals surface area contributed by atoms with Crippen molar-refractivity contribution in [2.45, 2.75) is 0 Å². The second-order valence-electron chi connectivity index (χ2n) is 2.17. The van der Waals surface area contributed by atoms with E-state index in [9.17, 15) is 0 Å². The predicted molar refractivity (Wildman–Crippen MR) is 41.8 cm³/mol. The molecular formula is C7H6N4O. The minimum absolute atomic E-state index is 0.685. The zero-order valence-electron chi connectivity index (χ0n) is 6.14. The van der Waals surface area contributed by atoms with Crippen molar-refractivity contribution >= 4 is 12.2 Å². The first-order valence-corrected chi connectivity index (χ1v) is 3.39. The maximum atomic E-state index is 4.41. The van der Waals surface area contributed by atoms with Crippen LogP contribution in [0.25, 0.3) is 12.2 Å². The molecule has 2 aromatic rings. The molecule has 0 aliphatic carbocycles. The van der Waals surface area contributed by atoms with Crippen LogP contribution < -0.4 is 0 Å². The van der Waals surface area contributed by atoms with Gasteiger partial charge in [0.15, 0.2) is 0 Å². The van der Waals surface area contributed by atoms with Gasteiger partial charge in [0.05, 0.1) is 24.4 Å². The van der Waals surface area contributed by atoms with Crippen molar-refractivity contribution in [2.75, 3.05) is 0 Å². The van der Waals surface area contributed by atoms with Crippen molar-refractivity contribution in [3.05, 3.63) is 30.1 Å². The van der Waals surface area contributed by atoms with Gasteiger partial charge in [-0.25, -0.2) is 9.61 Å². The first-order chi connectivity index (χ1) is 5.95. The average Bonchev–Trinajstić information content (AvgIpc) is 2.74. The van der Waals surface area contributed by atoms with Gasteiger partial charge in [0, 0.05) is 0 Å². The Kier molecular flexibility index (Phi) is 1.69. The van der Waals surface area contributed by atoms with Crippen LogP contribution in [0.4, 0.5) is 0 Å². The Morgan fingerprint density at radius 2 is 2.33 bits per heavy atom. The maximum absolute atomic E-state index is 4.41. The van der Waals surface area contributed by atoms with E-state index in [4.69, 9.17) is 0 Å². The minimum atomic E-state index is 0.685. The van der Waals surface area contributed by atoms with Crippen molar-refractivity contribution in [3.63, 3.8) is 0 Å². The monoisotopic (exact) mass is 162 g/mol. The molecule has 0 unspecified atom stereocenters. The lowest BCUT2D eigenvalue weighted by Gasteiger charge is -1.79. The SMILES string of the molecule is C(=Cc1cnc[nH]1)c1cnon1. The summed E-state index contributed by atoms with van der Waals surface area (Å²) in [4.78, 5) is 6.78. The van der Waals surface area contributed by atoms with Gasteiger partial charge in [-0.05, 0) is 12.2 Å². The van der Waals surface area contributed by atoms with Crippen LogP contribution in [0.1, 0.15) is 11.4 Å². The molecule has 0 aliphatic heterocycles. The van der Waals surface area contributed by atoms with E-state index >= 15 is 0 Å². The van der Waals surface area contributed by atoms with Gasteiger partial charge in [-0.3, -0.25) is 0 Å². The molecule has 0 spiro atoms. The predicted octanol–water partition coefficient (Wildman–Crippen LogP) is 0.963. The number of nitrogens with one attached hydrogen (secondary N) is 1. The summed E-state index contributed by atoms with van der Waals surface area (Å²) in [5, 5.41) is 7.07. The Bertz CT molecular complexity index is 312. The number of aromatic amines is 1. The molecule has 2 heterocycles. The van der Waals surface area contributed by atoms with Gasteiger partial charge in [-0.1, -0.05) is 10.3 Å². The van der Waals surface area contributed by atoms with Crippen LogP contribution in [0.2, 0.25) is 0 Å². The summed E-state index contributed by atoms with van der Waals surface area (Å²) in [5.41, 5.74) is 1.60. The van der Waals surface area contributed by atoms with E-state index < -0.39 is 0 Å². The molecule has 0 saturated heterocycles. The molecule has 0 aliphatic rings. The Morgan fingerprint density at radius 3 is 3.00 bits per heavy atom. The fourth-order valence-corrected chi connectivity index (χ4v) is 0.778. The van der Waals surface area contributed by atoms with E-state index in [2.05, 4.69) is 24.9 Å². The number of nitrogens with zero attached hydrogens (tertiary/aromatic N) is 3. The molecule has 2 rings (SSSR count). The molecule has 60 valence electrons. The summed E-state index contributed by atoms with van der Waals surface area (Å²) >= 11 is 0. The highest BCUT2D eigenvalue weighted by molar-refractivity contribution is 5.64. The number of imidazole rings is 1. The molecular weight excluding hydrogens is 156 g/mol. The molecule has 0 bridgehead atoms. The first-order valence-electron chi connectivity index (χ1n) is 3.39. The third-order valence-corrected chi connectivity index (χ3v) is 1.33. The standard InChI is InChI=1S/C7H6N4O/c1(6-3-8-5-9-6)2-7-4-10-12-11-7/h1-5H,(H,8,9). The molecule has 0 fully saturated rings. The van der Waals surface area contributed by atoms with Gasteiger partial charge in [-0.15, -0.1) is 0 Å². The largest absolute Gasteiger partial charge is 0.345 e. The summed E-state index contributed by atoms with van der Waals surface area (Å²) < 4.78 is 4.41. The highest BCUT2D eigenvalue weighted by atomic mass is 16.6. The van der Waals surface area contributed by atoms with Crippen molar-refractivity contribution < 1.29 is 4.63 Å². The summed E-state index contributed by atoms with van der Waals surface area (Å²) in [6, 6.07) is 0. The van der Waals surface area contributed by atoms with Crippen LogP contribution in [0, 0.1) is 0 Å². The fourth-order valence-electron chi connectivity index (χ4n) is 0.778. The van der Waals surface area contributed by atoms with E-state index in [1.165, 1.54) is 6.20 Å². The summed E-state index contributed by atoms with van der Waals surface area (Å²) in [6.45, 7) is 0. The van der Waals surface area contributed by atoms with Crippen LogP contribution in [0.3, 0.4) is 0 Å². The molecule has 5 nitrogen and oxygen atoms in total. The summed E-state index contributed by atoms with van der Waals surface area (Å²) in [5.74, 6) is 0. The lowest BCUT2D eigenvalue weighted by Crippen LogP contribution is -1.69. The van der Waals surface area contributed by atoms with E-state index in [0.717, 1.165) is 5.69 Å². The number of hydrogen-bond donors (Lipinski definition) is 1. The molecule has 5 heteroatoms. The molecule has 12 heavy (non-hydrogen) atoms. The zero-order chi connectivity index (χ0) is 8.23. The molecule has 1 N–H and O–H groups in total. The number of aromatic nitrogens is 4. The van der Waals surface area contributed by atoms with Gasteiger partial charge in [0.2, 0.25) is 0 Å². The summed E-state index contributed by atoms with van der Waals surface area (Å²) in [7, 11) is 0.